The van der Waals surface area contributed by atoms with E-state index in [9.17, 15) is 14.4 Å². The van der Waals surface area contributed by atoms with Gasteiger partial charge in [-0.05, 0) is 111 Å². The van der Waals surface area contributed by atoms with Crippen molar-refractivity contribution in [3.05, 3.63) is 77.6 Å². The quantitative estimate of drug-likeness (QED) is 0.202. The van der Waals surface area contributed by atoms with Gasteiger partial charge in [-0.3, -0.25) is 19.8 Å². The molecule has 11 heteroatoms. The first-order valence-corrected chi connectivity index (χ1v) is 18.5. The van der Waals surface area contributed by atoms with Crippen LogP contribution in [0.25, 0.3) is 22.2 Å². The molecule has 10 nitrogen and oxygen atoms in total. The van der Waals surface area contributed by atoms with Gasteiger partial charge in [0.25, 0.3) is 5.91 Å². The highest BCUT2D eigenvalue weighted by atomic mass is 19.1. The number of carbonyl (C=O) groups is 3. The summed E-state index contributed by atoms with van der Waals surface area (Å²) in [5.41, 5.74) is 12.2. The normalized spacial score (nSPS) is 20.7. The molecule has 0 saturated carbocycles. The van der Waals surface area contributed by atoms with E-state index < -0.39 is 11.7 Å². The second kappa shape index (κ2) is 14.0. The number of halogens is 1. The van der Waals surface area contributed by atoms with E-state index in [2.05, 4.69) is 61.4 Å². The Labute approximate surface area is 297 Å². The lowest BCUT2D eigenvalue weighted by Crippen LogP contribution is -2.49. The number of nitrogens with zero attached hydrogens (tertiary/aromatic N) is 4. The van der Waals surface area contributed by atoms with Gasteiger partial charge in [-0.15, -0.1) is 0 Å². The van der Waals surface area contributed by atoms with Crippen LogP contribution in [0.2, 0.25) is 0 Å². The SMILES string of the molecule is NC(=O)c1cc(F)c(N2CCCCC2)c2cc(-c3ccc(C4CCN(C[C@@H]5CCN(c6ccc(N7CCC(=O)NC7=O)cc6)C5)CC4)cc3)[nH]c12. The summed E-state index contributed by atoms with van der Waals surface area (Å²) < 4.78 is 15.4. The summed E-state index contributed by atoms with van der Waals surface area (Å²) in [5, 5.41) is 3.10. The zero-order valence-electron chi connectivity index (χ0n) is 29.0. The van der Waals surface area contributed by atoms with Crippen LogP contribution in [0.3, 0.4) is 0 Å². The lowest BCUT2D eigenvalue weighted by molar-refractivity contribution is -0.120. The van der Waals surface area contributed by atoms with Gasteiger partial charge < -0.3 is 25.4 Å². The molecule has 4 saturated heterocycles. The third kappa shape index (κ3) is 6.79. The topological polar surface area (TPSA) is 118 Å². The molecule has 0 unspecified atom stereocenters. The summed E-state index contributed by atoms with van der Waals surface area (Å²) in [4.78, 5) is 48.2. The molecule has 5 heterocycles. The zero-order chi connectivity index (χ0) is 35.1. The predicted molar refractivity (Wildman–Crippen MR) is 199 cm³/mol. The van der Waals surface area contributed by atoms with E-state index in [1.807, 2.05) is 18.2 Å². The summed E-state index contributed by atoms with van der Waals surface area (Å²) in [7, 11) is 0. The number of rotatable bonds is 8. The maximum absolute atomic E-state index is 15.4. The van der Waals surface area contributed by atoms with E-state index in [-0.39, 0.29) is 17.5 Å². The third-order valence-electron chi connectivity index (χ3n) is 11.4. The van der Waals surface area contributed by atoms with Crippen molar-refractivity contribution in [1.82, 2.24) is 15.2 Å². The first-order valence-electron chi connectivity index (χ1n) is 18.5. The second-order valence-corrected chi connectivity index (χ2v) is 14.7. The number of amides is 4. The molecule has 0 radical (unpaired) electrons. The number of aromatic amines is 1. The Hall–Kier alpha value is -4.90. The molecule has 51 heavy (non-hydrogen) atoms. The Bertz CT molecular complexity index is 1930. The number of primary amides is 1. The van der Waals surface area contributed by atoms with Gasteiger partial charge in [-0.25, -0.2) is 9.18 Å². The van der Waals surface area contributed by atoms with Crippen molar-refractivity contribution in [2.45, 2.75) is 50.9 Å². The van der Waals surface area contributed by atoms with Crippen molar-refractivity contribution in [2.24, 2.45) is 11.7 Å². The van der Waals surface area contributed by atoms with Crippen molar-refractivity contribution in [2.75, 3.05) is 67.1 Å². The number of hydrogen-bond acceptors (Lipinski definition) is 6. The average Bonchev–Trinajstić information content (AvgIpc) is 3.80. The number of H-pyrrole nitrogens is 1. The number of likely N-dealkylation sites (tertiary alicyclic amines) is 1. The van der Waals surface area contributed by atoms with Crippen LogP contribution < -0.4 is 25.8 Å². The van der Waals surface area contributed by atoms with Crippen molar-refractivity contribution >= 4 is 45.8 Å². The van der Waals surface area contributed by atoms with E-state index >= 15 is 4.39 Å². The molecule has 4 amide bonds. The van der Waals surface area contributed by atoms with E-state index in [1.54, 1.807) is 4.90 Å². The van der Waals surface area contributed by atoms with Crippen molar-refractivity contribution in [3.8, 4) is 11.3 Å². The van der Waals surface area contributed by atoms with Crippen LogP contribution in [0.5, 0.6) is 0 Å². The Morgan fingerprint density at radius 2 is 1.55 bits per heavy atom. The number of carbonyl (C=O) groups excluding carboxylic acids is 3. The van der Waals surface area contributed by atoms with E-state index in [1.165, 1.54) is 23.7 Å². The lowest BCUT2D eigenvalue weighted by Gasteiger charge is -2.34. The molecule has 266 valence electrons. The Morgan fingerprint density at radius 3 is 2.25 bits per heavy atom. The standard InChI is InChI=1S/C40H46FN7O3/c41-34-22-33(39(42)50)37-32(38(34)46-16-2-1-3-17-46)23-35(43-37)29-6-4-27(5-7-29)28-13-18-45(19-14-28)24-26-12-20-47(25-26)30-8-10-31(11-9-30)48-21-15-36(49)44-40(48)51/h4-11,22-23,26,28,43H,1-3,12-21,24-25H2,(H2,42,50)(H,44,49,51)/t26-/m0/s1. The van der Waals surface area contributed by atoms with Crippen LogP contribution in [0, 0.1) is 11.7 Å². The van der Waals surface area contributed by atoms with Crippen molar-refractivity contribution in [1.29, 1.82) is 0 Å². The molecule has 3 aromatic carbocycles. The largest absolute Gasteiger partial charge is 0.371 e. The summed E-state index contributed by atoms with van der Waals surface area (Å²) in [6.07, 6.45) is 6.94. The van der Waals surface area contributed by atoms with Crippen LogP contribution in [0.4, 0.5) is 26.2 Å². The van der Waals surface area contributed by atoms with Gasteiger partial charge in [0.05, 0.1) is 16.8 Å². The summed E-state index contributed by atoms with van der Waals surface area (Å²) in [6, 6.07) is 19.7. The molecule has 4 aliphatic rings. The number of urea groups is 1. The Kier molecular flexibility index (Phi) is 9.14. The number of imide groups is 1. The number of hydrogen-bond donors (Lipinski definition) is 3. The van der Waals surface area contributed by atoms with E-state index in [0.29, 0.717) is 41.4 Å². The van der Waals surface area contributed by atoms with Gasteiger partial charge in [-0.2, -0.15) is 0 Å². The van der Waals surface area contributed by atoms with E-state index in [0.717, 1.165) is 94.9 Å². The van der Waals surface area contributed by atoms with Gasteiger partial charge in [-0.1, -0.05) is 24.3 Å². The molecule has 1 aromatic heterocycles. The van der Waals surface area contributed by atoms with Crippen LogP contribution in [-0.4, -0.2) is 80.1 Å². The lowest BCUT2D eigenvalue weighted by atomic mass is 9.88. The van der Waals surface area contributed by atoms with Crippen LogP contribution in [-0.2, 0) is 4.79 Å². The molecule has 1 atom stereocenters. The van der Waals surface area contributed by atoms with Gasteiger partial charge >= 0.3 is 6.03 Å². The van der Waals surface area contributed by atoms with E-state index in [4.69, 9.17) is 5.73 Å². The minimum atomic E-state index is -0.638. The van der Waals surface area contributed by atoms with Gasteiger partial charge in [0.15, 0.2) is 0 Å². The first-order chi connectivity index (χ1) is 24.8. The van der Waals surface area contributed by atoms with Gasteiger partial charge in [0.1, 0.15) is 5.82 Å². The average molecular weight is 692 g/mol. The molecular weight excluding hydrogens is 645 g/mol. The highest BCUT2D eigenvalue weighted by molar-refractivity contribution is 6.10. The molecule has 4 N–H and O–H groups in total. The molecule has 0 bridgehead atoms. The number of nitrogens with one attached hydrogen (secondary N) is 2. The Balaban J connectivity index is 0.869. The highest BCUT2D eigenvalue weighted by Gasteiger charge is 2.29. The number of nitrogens with two attached hydrogens (primary N) is 1. The van der Waals surface area contributed by atoms with Crippen LogP contribution >= 0.6 is 0 Å². The minimum absolute atomic E-state index is 0.183. The number of aromatic nitrogens is 1. The predicted octanol–water partition coefficient (Wildman–Crippen LogP) is 6.22. The van der Waals surface area contributed by atoms with Gasteiger partial charge in [0, 0.05) is 68.1 Å². The smallest absolute Gasteiger partial charge is 0.328 e. The number of anilines is 3. The summed E-state index contributed by atoms with van der Waals surface area (Å²) in [5.74, 6) is -0.122. The van der Waals surface area contributed by atoms with Crippen LogP contribution in [0.15, 0.2) is 60.7 Å². The third-order valence-corrected chi connectivity index (χ3v) is 11.4. The minimum Gasteiger partial charge on any atom is -0.371 e. The molecule has 0 spiro atoms. The fourth-order valence-corrected chi connectivity index (χ4v) is 8.66. The number of benzene rings is 3. The summed E-state index contributed by atoms with van der Waals surface area (Å²) >= 11 is 0. The molecule has 4 fully saturated rings. The molecule has 0 aliphatic carbocycles. The van der Waals surface area contributed by atoms with Crippen molar-refractivity contribution < 1.29 is 18.8 Å². The zero-order valence-corrected chi connectivity index (χ0v) is 29.0. The fraction of sp³-hybridized carbons (Fsp3) is 0.425. The highest BCUT2D eigenvalue weighted by Crippen LogP contribution is 2.38. The number of piperidine rings is 2. The maximum Gasteiger partial charge on any atom is 0.328 e. The molecular formula is C40H46FN7O3. The van der Waals surface area contributed by atoms with Gasteiger partial charge in [0.2, 0.25) is 5.91 Å². The monoisotopic (exact) mass is 691 g/mol. The Morgan fingerprint density at radius 1 is 0.824 bits per heavy atom. The van der Waals surface area contributed by atoms with Crippen LogP contribution in [0.1, 0.15) is 66.8 Å². The molecule has 8 rings (SSSR count). The molecule has 4 aliphatic heterocycles. The fourth-order valence-electron chi connectivity index (χ4n) is 8.66. The second-order valence-electron chi connectivity index (χ2n) is 14.7. The maximum atomic E-state index is 15.4. The number of fused-ring (bicyclic) bond motifs is 1. The van der Waals surface area contributed by atoms with Crippen molar-refractivity contribution in [3.63, 3.8) is 0 Å². The molecule has 4 aromatic rings. The summed E-state index contributed by atoms with van der Waals surface area (Å²) in [6.45, 7) is 7.35. The first kappa shape index (κ1) is 33.3.